The van der Waals surface area contributed by atoms with Crippen molar-refractivity contribution in [3.63, 3.8) is 0 Å². The first-order valence-electron chi connectivity index (χ1n) is 9.54. The standard InChI is InChI=1S/C25H21BrN2O3/c1-17-6-12-22(13-7-17)28-25(29)20(15-27)14-19-4-3-5-23(30-2)24(19)31-16-18-8-10-21(26)11-9-18/h3-14H,16H2,1-2H3,(H,28,29)/b20-14+. The molecule has 0 aliphatic carbocycles. The average molecular weight is 477 g/mol. The summed E-state index contributed by atoms with van der Waals surface area (Å²) in [6.07, 6.45) is 1.50. The molecule has 0 heterocycles. The number of hydrogen-bond acceptors (Lipinski definition) is 4. The number of carbonyl (C=O) groups is 1. The zero-order chi connectivity index (χ0) is 22.2. The van der Waals surface area contributed by atoms with Gasteiger partial charge < -0.3 is 14.8 Å². The van der Waals surface area contributed by atoms with Gasteiger partial charge in [-0.2, -0.15) is 5.26 Å². The van der Waals surface area contributed by atoms with Crippen molar-refractivity contribution in [1.82, 2.24) is 0 Å². The van der Waals surface area contributed by atoms with Gasteiger partial charge in [-0.15, -0.1) is 0 Å². The molecule has 3 aromatic carbocycles. The van der Waals surface area contributed by atoms with Gasteiger partial charge in [-0.05, 0) is 48.9 Å². The molecular formula is C25H21BrN2O3. The number of carbonyl (C=O) groups excluding carboxylic acids is 1. The third kappa shape index (κ3) is 5.97. The first-order chi connectivity index (χ1) is 15.0. The molecular weight excluding hydrogens is 456 g/mol. The van der Waals surface area contributed by atoms with Crippen LogP contribution in [0.3, 0.4) is 0 Å². The molecule has 0 aliphatic heterocycles. The molecule has 3 rings (SSSR count). The van der Waals surface area contributed by atoms with E-state index in [2.05, 4.69) is 21.2 Å². The fourth-order valence-corrected chi connectivity index (χ4v) is 3.10. The van der Waals surface area contributed by atoms with Crippen molar-refractivity contribution >= 4 is 33.6 Å². The Labute approximate surface area is 190 Å². The van der Waals surface area contributed by atoms with Gasteiger partial charge in [0.05, 0.1) is 7.11 Å². The summed E-state index contributed by atoms with van der Waals surface area (Å²) in [5, 5.41) is 12.3. The summed E-state index contributed by atoms with van der Waals surface area (Å²) in [5.41, 5.74) is 3.21. The average Bonchev–Trinajstić information content (AvgIpc) is 2.78. The van der Waals surface area contributed by atoms with Crippen molar-refractivity contribution < 1.29 is 14.3 Å². The van der Waals surface area contributed by atoms with Crippen LogP contribution in [-0.4, -0.2) is 13.0 Å². The first-order valence-corrected chi connectivity index (χ1v) is 10.3. The summed E-state index contributed by atoms with van der Waals surface area (Å²) in [5.74, 6) is 0.485. The molecule has 6 heteroatoms. The number of anilines is 1. The van der Waals surface area contributed by atoms with Gasteiger partial charge in [-0.1, -0.05) is 57.9 Å². The Morgan fingerprint density at radius 2 is 1.81 bits per heavy atom. The summed E-state index contributed by atoms with van der Waals surface area (Å²) in [7, 11) is 1.55. The Morgan fingerprint density at radius 3 is 2.45 bits per heavy atom. The Bertz CT molecular complexity index is 1130. The smallest absolute Gasteiger partial charge is 0.266 e. The molecule has 0 unspecified atom stereocenters. The fraction of sp³-hybridized carbons (Fsp3) is 0.120. The van der Waals surface area contributed by atoms with Gasteiger partial charge in [0, 0.05) is 15.7 Å². The van der Waals surface area contributed by atoms with Crippen molar-refractivity contribution in [3.8, 4) is 17.6 Å². The van der Waals surface area contributed by atoms with Crippen LogP contribution in [0.5, 0.6) is 11.5 Å². The van der Waals surface area contributed by atoms with Crippen molar-refractivity contribution in [2.75, 3.05) is 12.4 Å². The van der Waals surface area contributed by atoms with E-state index in [0.29, 0.717) is 29.4 Å². The zero-order valence-corrected chi connectivity index (χ0v) is 18.8. The van der Waals surface area contributed by atoms with Crippen molar-refractivity contribution in [2.45, 2.75) is 13.5 Å². The van der Waals surface area contributed by atoms with Gasteiger partial charge >= 0.3 is 0 Å². The second-order valence-corrected chi connectivity index (χ2v) is 7.70. The Hall–Kier alpha value is -3.56. The molecule has 0 atom stereocenters. The summed E-state index contributed by atoms with van der Waals surface area (Å²) >= 11 is 3.41. The quantitative estimate of drug-likeness (QED) is 0.340. The summed E-state index contributed by atoms with van der Waals surface area (Å²) in [4.78, 5) is 12.6. The molecule has 0 spiro atoms. The van der Waals surface area contributed by atoms with Crippen LogP contribution in [0.4, 0.5) is 5.69 Å². The number of aryl methyl sites for hydroxylation is 1. The Morgan fingerprint density at radius 1 is 1.10 bits per heavy atom. The minimum absolute atomic E-state index is 0.0395. The van der Waals surface area contributed by atoms with Crippen LogP contribution in [0.25, 0.3) is 6.08 Å². The van der Waals surface area contributed by atoms with E-state index >= 15 is 0 Å². The second-order valence-electron chi connectivity index (χ2n) is 6.78. The molecule has 156 valence electrons. The minimum Gasteiger partial charge on any atom is -0.493 e. The largest absolute Gasteiger partial charge is 0.493 e. The molecule has 0 saturated heterocycles. The van der Waals surface area contributed by atoms with Gasteiger partial charge in [-0.3, -0.25) is 4.79 Å². The third-order valence-electron chi connectivity index (χ3n) is 4.50. The van der Waals surface area contributed by atoms with E-state index in [1.54, 1.807) is 37.4 Å². The lowest BCUT2D eigenvalue weighted by Crippen LogP contribution is -2.13. The molecule has 5 nitrogen and oxygen atoms in total. The van der Waals surface area contributed by atoms with E-state index < -0.39 is 5.91 Å². The van der Waals surface area contributed by atoms with Gasteiger partial charge in [0.1, 0.15) is 18.2 Å². The van der Waals surface area contributed by atoms with Crippen molar-refractivity contribution in [2.24, 2.45) is 0 Å². The first kappa shape index (κ1) is 22.1. The molecule has 0 aliphatic rings. The number of hydrogen-bond donors (Lipinski definition) is 1. The monoisotopic (exact) mass is 476 g/mol. The predicted molar refractivity (Wildman–Crippen MR) is 125 cm³/mol. The molecule has 1 amide bonds. The molecule has 0 bridgehead atoms. The highest BCUT2D eigenvalue weighted by molar-refractivity contribution is 9.10. The van der Waals surface area contributed by atoms with Gasteiger partial charge in [0.25, 0.3) is 5.91 Å². The number of nitrogens with zero attached hydrogens (tertiary/aromatic N) is 1. The summed E-state index contributed by atoms with van der Waals surface area (Å²) < 4.78 is 12.4. The maximum Gasteiger partial charge on any atom is 0.266 e. The second kappa shape index (κ2) is 10.5. The van der Waals surface area contributed by atoms with Crippen molar-refractivity contribution in [3.05, 3.63) is 93.5 Å². The van der Waals surface area contributed by atoms with E-state index in [0.717, 1.165) is 15.6 Å². The summed E-state index contributed by atoms with van der Waals surface area (Å²) in [6, 6.07) is 22.4. The zero-order valence-electron chi connectivity index (χ0n) is 17.2. The van der Waals surface area contributed by atoms with Crippen LogP contribution < -0.4 is 14.8 Å². The number of nitriles is 1. The fourth-order valence-electron chi connectivity index (χ4n) is 2.84. The Kier molecular flexibility index (Phi) is 7.47. The van der Waals surface area contributed by atoms with Crippen LogP contribution >= 0.6 is 15.9 Å². The normalized spacial score (nSPS) is 10.8. The van der Waals surface area contributed by atoms with Crippen LogP contribution in [0.2, 0.25) is 0 Å². The number of methoxy groups -OCH3 is 1. The predicted octanol–water partition coefficient (Wildman–Crippen LogP) is 5.89. The third-order valence-corrected chi connectivity index (χ3v) is 5.03. The molecule has 0 saturated carbocycles. The van der Waals surface area contributed by atoms with E-state index in [4.69, 9.17) is 9.47 Å². The maximum atomic E-state index is 12.6. The molecule has 0 radical (unpaired) electrons. The molecule has 3 aromatic rings. The SMILES string of the molecule is COc1cccc(/C=C(\C#N)C(=O)Nc2ccc(C)cc2)c1OCc1ccc(Br)cc1. The number of halogens is 1. The van der Waals surface area contributed by atoms with Gasteiger partial charge in [0.2, 0.25) is 0 Å². The lowest BCUT2D eigenvalue weighted by Gasteiger charge is -2.14. The van der Waals surface area contributed by atoms with Gasteiger partial charge in [-0.25, -0.2) is 0 Å². The highest BCUT2D eigenvalue weighted by atomic mass is 79.9. The maximum absolute atomic E-state index is 12.6. The highest BCUT2D eigenvalue weighted by Gasteiger charge is 2.14. The number of ether oxygens (including phenoxy) is 2. The van der Waals surface area contributed by atoms with E-state index in [1.165, 1.54) is 6.08 Å². The number of rotatable bonds is 7. The minimum atomic E-state index is -0.493. The molecule has 1 N–H and O–H groups in total. The van der Waals surface area contributed by atoms with Crippen LogP contribution in [-0.2, 0) is 11.4 Å². The number of amides is 1. The van der Waals surface area contributed by atoms with Gasteiger partial charge in [0.15, 0.2) is 11.5 Å². The lowest BCUT2D eigenvalue weighted by molar-refractivity contribution is -0.112. The number of para-hydroxylation sites is 1. The Balaban J connectivity index is 1.86. The molecule has 31 heavy (non-hydrogen) atoms. The topological polar surface area (TPSA) is 71.3 Å². The number of nitrogens with one attached hydrogen (secondary N) is 1. The molecule has 0 fully saturated rings. The van der Waals surface area contributed by atoms with Crippen LogP contribution in [0.1, 0.15) is 16.7 Å². The number of benzene rings is 3. The van der Waals surface area contributed by atoms with Crippen LogP contribution in [0, 0.1) is 18.3 Å². The van der Waals surface area contributed by atoms with E-state index in [1.807, 2.05) is 49.4 Å². The summed E-state index contributed by atoms with van der Waals surface area (Å²) in [6.45, 7) is 2.27. The van der Waals surface area contributed by atoms with Crippen molar-refractivity contribution in [1.29, 1.82) is 5.26 Å². The van der Waals surface area contributed by atoms with E-state index in [-0.39, 0.29) is 5.57 Å². The van der Waals surface area contributed by atoms with Crippen LogP contribution in [0.15, 0.2) is 76.8 Å². The lowest BCUT2D eigenvalue weighted by atomic mass is 10.1. The highest BCUT2D eigenvalue weighted by Crippen LogP contribution is 2.33. The van der Waals surface area contributed by atoms with E-state index in [9.17, 15) is 10.1 Å². The molecule has 0 aromatic heterocycles.